The van der Waals surface area contributed by atoms with Crippen LogP contribution in [0.3, 0.4) is 0 Å². The molecule has 0 bridgehead atoms. The summed E-state index contributed by atoms with van der Waals surface area (Å²) in [6.07, 6.45) is 0.190. The molecular weight excluding hydrogens is 233 g/mol. The number of carbonyl (C=O) groups is 1. The maximum Gasteiger partial charge on any atom is 0.326 e. The van der Waals surface area contributed by atoms with Crippen LogP contribution in [0.4, 0.5) is 4.39 Å². The van der Waals surface area contributed by atoms with Crippen molar-refractivity contribution in [2.45, 2.75) is 32.5 Å². The van der Waals surface area contributed by atoms with E-state index in [1.54, 1.807) is 6.92 Å². The minimum absolute atomic E-state index is 0.0802. The molecule has 14 heavy (non-hydrogen) atoms. The first kappa shape index (κ1) is 11.7. The molecule has 7 heteroatoms. The van der Waals surface area contributed by atoms with Crippen LogP contribution in [0, 0.1) is 5.92 Å². The molecule has 1 fully saturated rings. The third-order valence-corrected chi connectivity index (χ3v) is 3.83. The lowest BCUT2D eigenvalue weighted by Crippen LogP contribution is -2.68. The van der Waals surface area contributed by atoms with Gasteiger partial charge in [-0.3, -0.25) is 4.79 Å². The molecule has 0 unspecified atom stereocenters. The maximum atomic E-state index is 14.0. The lowest BCUT2D eigenvalue weighted by molar-refractivity contribution is -0.178. The third-order valence-electron chi connectivity index (χ3n) is 2.49. The molecule has 0 aliphatic carbocycles. The summed E-state index contributed by atoms with van der Waals surface area (Å²) in [5.41, 5.74) is 0. The SMILES string of the molecule is CC[C@H]1C(=O)N(S(=O)(=O)Cl)[C@]1(F)CC. The molecule has 82 valence electrons. The molecule has 2 atom stereocenters. The number of amides is 1. The Bertz CT molecular complexity index is 358. The highest BCUT2D eigenvalue weighted by molar-refractivity contribution is 8.12. The number of nitrogens with zero attached hydrogens (tertiary/aromatic N) is 1. The van der Waals surface area contributed by atoms with Gasteiger partial charge in [0.25, 0.3) is 0 Å². The molecule has 0 radical (unpaired) electrons. The summed E-state index contributed by atoms with van der Waals surface area (Å²) < 4.78 is 35.9. The number of hydrogen-bond donors (Lipinski definition) is 0. The highest BCUT2D eigenvalue weighted by atomic mass is 35.7. The van der Waals surface area contributed by atoms with Gasteiger partial charge in [0.2, 0.25) is 11.7 Å². The molecule has 0 saturated carbocycles. The Morgan fingerprint density at radius 1 is 1.57 bits per heavy atom. The summed E-state index contributed by atoms with van der Waals surface area (Å²) in [6, 6.07) is 0. The zero-order valence-electron chi connectivity index (χ0n) is 7.83. The predicted molar refractivity (Wildman–Crippen MR) is 49.5 cm³/mol. The lowest BCUT2D eigenvalue weighted by atomic mass is 9.84. The summed E-state index contributed by atoms with van der Waals surface area (Å²) in [4.78, 5) is 11.2. The Hall–Kier alpha value is -0.360. The molecule has 0 aromatic heterocycles. The maximum absolute atomic E-state index is 14.0. The molecule has 0 spiro atoms. The second kappa shape index (κ2) is 3.34. The van der Waals surface area contributed by atoms with Crippen molar-refractivity contribution < 1.29 is 17.6 Å². The van der Waals surface area contributed by atoms with E-state index in [9.17, 15) is 17.6 Å². The van der Waals surface area contributed by atoms with Gasteiger partial charge in [-0.2, -0.15) is 12.7 Å². The minimum atomic E-state index is -4.30. The predicted octanol–water partition coefficient (Wildman–Crippen LogP) is 1.41. The van der Waals surface area contributed by atoms with Gasteiger partial charge in [-0.15, -0.1) is 0 Å². The fraction of sp³-hybridized carbons (Fsp3) is 0.857. The van der Waals surface area contributed by atoms with Crippen LogP contribution >= 0.6 is 10.7 Å². The first-order valence-electron chi connectivity index (χ1n) is 4.26. The molecule has 4 nitrogen and oxygen atoms in total. The van der Waals surface area contributed by atoms with Crippen molar-refractivity contribution in [2.75, 3.05) is 0 Å². The third kappa shape index (κ3) is 1.40. The molecular formula is C7H11ClFNO3S. The van der Waals surface area contributed by atoms with Crippen LogP contribution in [0.2, 0.25) is 0 Å². The van der Waals surface area contributed by atoms with E-state index in [2.05, 4.69) is 0 Å². The van der Waals surface area contributed by atoms with E-state index in [1.165, 1.54) is 6.92 Å². The zero-order valence-corrected chi connectivity index (χ0v) is 9.40. The van der Waals surface area contributed by atoms with E-state index >= 15 is 0 Å². The molecule has 1 amide bonds. The number of rotatable bonds is 3. The van der Waals surface area contributed by atoms with Gasteiger partial charge in [0, 0.05) is 10.7 Å². The van der Waals surface area contributed by atoms with Gasteiger partial charge in [-0.1, -0.05) is 13.8 Å². The van der Waals surface area contributed by atoms with Crippen molar-refractivity contribution in [3.8, 4) is 0 Å². The highest BCUT2D eigenvalue weighted by Gasteiger charge is 2.63. The standard InChI is InChI=1S/C7H11ClFNO3S/c1-3-5-6(11)10(14(8,12)13)7(5,9)4-2/h5H,3-4H2,1-2H3/t5-,7+/m0/s1. The Morgan fingerprint density at radius 3 is 2.36 bits per heavy atom. The van der Waals surface area contributed by atoms with Crippen LogP contribution in [0.5, 0.6) is 0 Å². The van der Waals surface area contributed by atoms with E-state index < -0.39 is 26.9 Å². The number of β-lactam (4-membered cyclic amide) rings is 1. The Labute approximate surface area is 86.6 Å². The Morgan fingerprint density at radius 2 is 2.07 bits per heavy atom. The Balaban J connectivity index is 3.07. The van der Waals surface area contributed by atoms with Crippen LogP contribution in [-0.4, -0.2) is 24.4 Å². The monoisotopic (exact) mass is 243 g/mol. The van der Waals surface area contributed by atoms with E-state index in [-0.39, 0.29) is 17.1 Å². The molecule has 1 saturated heterocycles. The Kier molecular flexibility index (Phi) is 2.80. The average molecular weight is 244 g/mol. The summed E-state index contributed by atoms with van der Waals surface area (Å²) in [7, 11) is 0.656. The topological polar surface area (TPSA) is 54.5 Å². The minimum Gasteiger partial charge on any atom is -0.273 e. The van der Waals surface area contributed by atoms with E-state index in [0.29, 0.717) is 0 Å². The van der Waals surface area contributed by atoms with Gasteiger partial charge in [0.1, 0.15) is 0 Å². The quantitative estimate of drug-likeness (QED) is 0.428. The zero-order chi connectivity index (χ0) is 11.1. The number of carbonyl (C=O) groups excluding carboxylic acids is 1. The van der Waals surface area contributed by atoms with Crippen molar-refractivity contribution in [3.63, 3.8) is 0 Å². The van der Waals surface area contributed by atoms with Crippen molar-refractivity contribution >= 4 is 25.8 Å². The highest BCUT2D eigenvalue weighted by Crippen LogP contribution is 2.46. The molecule has 1 rings (SSSR count). The van der Waals surface area contributed by atoms with Gasteiger partial charge < -0.3 is 0 Å². The second-order valence-electron chi connectivity index (χ2n) is 3.18. The van der Waals surface area contributed by atoms with Gasteiger partial charge in [-0.05, 0) is 12.8 Å². The number of halogens is 2. The molecule has 0 N–H and O–H groups in total. The largest absolute Gasteiger partial charge is 0.326 e. The fourth-order valence-corrected chi connectivity index (χ4v) is 3.26. The average Bonchev–Trinajstić information content (AvgIpc) is 2.01. The van der Waals surface area contributed by atoms with Crippen LogP contribution < -0.4 is 0 Å². The van der Waals surface area contributed by atoms with Gasteiger partial charge >= 0.3 is 9.24 Å². The van der Waals surface area contributed by atoms with Gasteiger partial charge in [0.05, 0.1) is 5.92 Å². The second-order valence-corrected chi connectivity index (χ2v) is 5.54. The van der Waals surface area contributed by atoms with Crippen molar-refractivity contribution in [1.29, 1.82) is 0 Å². The van der Waals surface area contributed by atoms with Crippen LogP contribution in [0.15, 0.2) is 0 Å². The molecule has 0 aromatic carbocycles. The number of hydrogen-bond acceptors (Lipinski definition) is 3. The smallest absolute Gasteiger partial charge is 0.273 e. The summed E-state index contributed by atoms with van der Waals surface area (Å²) >= 11 is 0. The van der Waals surface area contributed by atoms with Crippen LogP contribution in [0.25, 0.3) is 0 Å². The first-order valence-corrected chi connectivity index (χ1v) is 6.53. The summed E-state index contributed by atoms with van der Waals surface area (Å²) in [5, 5.41) is 0. The molecule has 1 heterocycles. The van der Waals surface area contributed by atoms with E-state index in [1.807, 2.05) is 0 Å². The van der Waals surface area contributed by atoms with E-state index in [0.717, 1.165) is 0 Å². The van der Waals surface area contributed by atoms with Crippen molar-refractivity contribution in [3.05, 3.63) is 0 Å². The van der Waals surface area contributed by atoms with Crippen LogP contribution in [0.1, 0.15) is 26.7 Å². The molecule has 1 aliphatic heterocycles. The van der Waals surface area contributed by atoms with Crippen molar-refractivity contribution in [2.24, 2.45) is 5.92 Å². The molecule has 1 aliphatic rings. The van der Waals surface area contributed by atoms with Gasteiger partial charge in [-0.25, -0.2) is 4.39 Å². The lowest BCUT2D eigenvalue weighted by Gasteiger charge is -2.48. The van der Waals surface area contributed by atoms with Gasteiger partial charge in [0.15, 0.2) is 0 Å². The first-order chi connectivity index (χ1) is 6.29. The fourth-order valence-electron chi connectivity index (χ4n) is 1.76. The normalized spacial score (nSPS) is 33.0. The van der Waals surface area contributed by atoms with Crippen LogP contribution in [-0.2, 0) is 14.0 Å². The van der Waals surface area contributed by atoms with Crippen molar-refractivity contribution in [1.82, 2.24) is 4.31 Å². The molecule has 0 aromatic rings. The number of alkyl halides is 1. The summed E-state index contributed by atoms with van der Waals surface area (Å²) in [6.45, 7) is 3.11. The summed E-state index contributed by atoms with van der Waals surface area (Å²) in [5.74, 6) is -3.78. The van der Waals surface area contributed by atoms with E-state index in [4.69, 9.17) is 10.7 Å².